The first-order chi connectivity index (χ1) is 7.15. The normalized spacial score (nSPS) is 10.3. The number of hydrogen-bond acceptors (Lipinski definition) is 2. The van der Waals surface area contributed by atoms with Crippen LogP contribution in [0.4, 0.5) is 0 Å². The molecule has 1 aromatic rings. The van der Waals surface area contributed by atoms with Crippen molar-refractivity contribution in [3.63, 3.8) is 0 Å². The van der Waals surface area contributed by atoms with Gasteiger partial charge in [0.15, 0.2) is 5.78 Å². The van der Waals surface area contributed by atoms with Gasteiger partial charge in [0.05, 0.1) is 0 Å². The Kier molecular flexibility index (Phi) is 4.50. The number of ether oxygens (including phenoxy) is 1. The Morgan fingerprint density at radius 2 is 2.07 bits per heavy atom. The lowest BCUT2D eigenvalue weighted by atomic mass is 9.99. The average molecular weight is 206 g/mol. The third-order valence-electron chi connectivity index (χ3n) is 2.45. The molecule has 0 amide bonds. The number of aryl methyl sites for hydroxylation is 2. The maximum atomic E-state index is 11.8. The summed E-state index contributed by atoms with van der Waals surface area (Å²) in [6.07, 6.45) is 1.36. The van der Waals surface area contributed by atoms with Gasteiger partial charge >= 0.3 is 0 Å². The molecule has 0 saturated carbocycles. The number of hydrogen-bond donors (Lipinski definition) is 0. The lowest BCUT2D eigenvalue weighted by Gasteiger charge is -2.05. The van der Waals surface area contributed by atoms with Crippen LogP contribution < -0.4 is 0 Å². The van der Waals surface area contributed by atoms with Gasteiger partial charge in [0, 0.05) is 25.7 Å². The molecule has 2 nitrogen and oxygen atoms in total. The molecule has 0 unspecified atom stereocenters. The minimum Gasteiger partial charge on any atom is -0.385 e. The summed E-state index contributed by atoms with van der Waals surface area (Å²) in [4.78, 5) is 11.8. The van der Waals surface area contributed by atoms with Crippen LogP contribution in [0.1, 0.15) is 34.3 Å². The Bertz CT molecular complexity index is 342. The van der Waals surface area contributed by atoms with Crippen LogP contribution in [0.5, 0.6) is 0 Å². The molecule has 2 heteroatoms. The zero-order valence-electron chi connectivity index (χ0n) is 9.67. The first-order valence-corrected chi connectivity index (χ1v) is 5.24. The predicted octanol–water partition coefficient (Wildman–Crippen LogP) is 2.91. The maximum Gasteiger partial charge on any atom is 0.163 e. The van der Waals surface area contributed by atoms with E-state index in [1.165, 1.54) is 0 Å². The Labute approximate surface area is 91.3 Å². The number of Topliss-reactive ketones (excluding diaryl/α,β-unsaturated/α-hetero) is 1. The van der Waals surface area contributed by atoms with Crippen LogP contribution in [0.25, 0.3) is 0 Å². The minimum atomic E-state index is 0.216. The zero-order chi connectivity index (χ0) is 11.3. The van der Waals surface area contributed by atoms with Crippen LogP contribution in [0.3, 0.4) is 0 Å². The van der Waals surface area contributed by atoms with Crippen molar-refractivity contribution in [1.82, 2.24) is 0 Å². The van der Waals surface area contributed by atoms with Gasteiger partial charge in [0.1, 0.15) is 0 Å². The lowest BCUT2D eigenvalue weighted by molar-refractivity contribution is 0.0962. The molecule has 0 radical (unpaired) electrons. The fraction of sp³-hybridized carbons (Fsp3) is 0.462. The Balaban J connectivity index is 2.68. The van der Waals surface area contributed by atoms with Crippen molar-refractivity contribution in [2.45, 2.75) is 26.7 Å². The molecule has 0 bridgehead atoms. The zero-order valence-corrected chi connectivity index (χ0v) is 9.67. The maximum absolute atomic E-state index is 11.8. The van der Waals surface area contributed by atoms with Crippen LogP contribution in [-0.2, 0) is 4.74 Å². The van der Waals surface area contributed by atoms with E-state index >= 15 is 0 Å². The first kappa shape index (κ1) is 11.9. The van der Waals surface area contributed by atoms with E-state index < -0.39 is 0 Å². The first-order valence-electron chi connectivity index (χ1n) is 5.24. The van der Waals surface area contributed by atoms with Gasteiger partial charge in [0.25, 0.3) is 0 Å². The second-order valence-electron chi connectivity index (χ2n) is 3.84. The van der Waals surface area contributed by atoms with Gasteiger partial charge in [-0.05, 0) is 31.9 Å². The molecule has 0 aromatic heterocycles. The van der Waals surface area contributed by atoms with Crippen LogP contribution in [-0.4, -0.2) is 19.5 Å². The Hall–Kier alpha value is -1.15. The molecule has 0 saturated heterocycles. The molecule has 0 aliphatic heterocycles. The van der Waals surface area contributed by atoms with Crippen LogP contribution >= 0.6 is 0 Å². The summed E-state index contributed by atoms with van der Waals surface area (Å²) < 4.78 is 4.93. The highest BCUT2D eigenvalue weighted by atomic mass is 16.5. The van der Waals surface area contributed by atoms with Gasteiger partial charge in [-0.15, -0.1) is 0 Å². The third kappa shape index (κ3) is 3.48. The number of ketones is 1. The summed E-state index contributed by atoms with van der Waals surface area (Å²) in [5, 5.41) is 0. The van der Waals surface area contributed by atoms with Crippen molar-refractivity contribution < 1.29 is 9.53 Å². The molecule has 0 aliphatic rings. The Morgan fingerprint density at radius 3 is 2.73 bits per heavy atom. The van der Waals surface area contributed by atoms with Crippen molar-refractivity contribution >= 4 is 5.78 Å². The van der Waals surface area contributed by atoms with E-state index in [0.29, 0.717) is 13.0 Å². The molecule has 0 heterocycles. The van der Waals surface area contributed by atoms with Crippen molar-refractivity contribution in [1.29, 1.82) is 0 Å². The van der Waals surface area contributed by atoms with Crippen LogP contribution in [0, 0.1) is 13.8 Å². The molecule has 0 atom stereocenters. The van der Waals surface area contributed by atoms with Gasteiger partial charge in [-0.3, -0.25) is 4.79 Å². The van der Waals surface area contributed by atoms with Crippen LogP contribution in [0.15, 0.2) is 18.2 Å². The summed E-state index contributed by atoms with van der Waals surface area (Å²) in [7, 11) is 1.66. The highest BCUT2D eigenvalue weighted by molar-refractivity contribution is 5.97. The summed E-state index contributed by atoms with van der Waals surface area (Å²) in [5.74, 6) is 0.216. The van der Waals surface area contributed by atoms with E-state index in [-0.39, 0.29) is 5.78 Å². The summed E-state index contributed by atoms with van der Waals surface area (Å²) in [6, 6.07) is 5.99. The summed E-state index contributed by atoms with van der Waals surface area (Å²) in [6.45, 7) is 4.63. The van der Waals surface area contributed by atoms with E-state index in [9.17, 15) is 4.79 Å². The smallest absolute Gasteiger partial charge is 0.163 e. The van der Waals surface area contributed by atoms with Gasteiger partial charge in [-0.1, -0.05) is 17.7 Å². The molecule has 1 rings (SSSR count). The fourth-order valence-corrected chi connectivity index (χ4v) is 1.55. The number of carbonyl (C=O) groups excluding carboxylic acids is 1. The second kappa shape index (κ2) is 5.66. The van der Waals surface area contributed by atoms with Gasteiger partial charge in [0.2, 0.25) is 0 Å². The van der Waals surface area contributed by atoms with E-state index in [4.69, 9.17) is 4.74 Å². The van der Waals surface area contributed by atoms with E-state index in [2.05, 4.69) is 0 Å². The molecule has 82 valence electrons. The highest BCUT2D eigenvalue weighted by Crippen LogP contribution is 2.13. The molecule has 15 heavy (non-hydrogen) atoms. The predicted molar refractivity (Wildman–Crippen MR) is 61.4 cm³/mol. The molecular weight excluding hydrogens is 188 g/mol. The Morgan fingerprint density at radius 1 is 1.33 bits per heavy atom. The number of carbonyl (C=O) groups is 1. The second-order valence-corrected chi connectivity index (χ2v) is 3.84. The lowest BCUT2D eigenvalue weighted by Crippen LogP contribution is -2.03. The topological polar surface area (TPSA) is 26.3 Å². The van der Waals surface area contributed by atoms with Crippen molar-refractivity contribution in [3.8, 4) is 0 Å². The van der Waals surface area contributed by atoms with Gasteiger partial charge in [-0.25, -0.2) is 0 Å². The molecule has 0 N–H and O–H groups in total. The minimum absolute atomic E-state index is 0.216. The van der Waals surface area contributed by atoms with Gasteiger partial charge < -0.3 is 4.74 Å². The summed E-state index contributed by atoms with van der Waals surface area (Å²) >= 11 is 0. The fourth-order valence-electron chi connectivity index (χ4n) is 1.55. The molecule has 0 spiro atoms. The average Bonchev–Trinajstić information content (AvgIpc) is 2.22. The largest absolute Gasteiger partial charge is 0.385 e. The molecule has 1 aromatic carbocycles. The van der Waals surface area contributed by atoms with E-state index in [1.807, 2.05) is 32.0 Å². The number of methoxy groups -OCH3 is 1. The highest BCUT2D eigenvalue weighted by Gasteiger charge is 2.08. The molecule has 0 fully saturated rings. The monoisotopic (exact) mass is 206 g/mol. The SMILES string of the molecule is COCCCC(=O)c1cc(C)ccc1C. The van der Waals surface area contributed by atoms with Crippen molar-refractivity contribution in [2.75, 3.05) is 13.7 Å². The quantitative estimate of drug-likeness (QED) is 0.547. The van der Waals surface area contributed by atoms with E-state index in [0.717, 1.165) is 23.1 Å². The molecule has 0 aliphatic carbocycles. The van der Waals surface area contributed by atoms with Gasteiger partial charge in [-0.2, -0.15) is 0 Å². The molecular formula is C13H18O2. The number of benzene rings is 1. The van der Waals surface area contributed by atoms with Crippen LogP contribution in [0.2, 0.25) is 0 Å². The van der Waals surface area contributed by atoms with E-state index in [1.54, 1.807) is 7.11 Å². The third-order valence-corrected chi connectivity index (χ3v) is 2.45. The number of rotatable bonds is 5. The summed E-state index contributed by atoms with van der Waals surface area (Å²) in [5.41, 5.74) is 3.05. The standard InChI is InChI=1S/C13H18O2/c1-10-6-7-11(2)12(9-10)13(14)5-4-8-15-3/h6-7,9H,4-5,8H2,1-3H3. The van der Waals surface area contributed by atoms with Crippen molar-refractivity contribution in [3.05, 3.63) is 34.9 Å². The van der Waals surface area contributed by atoms with Crippen molar-refractivity contribution in [2.24, 2.45) is 0 Å².